The SMILES string of the molecule is Cc1cc(=O)[nH]c(/N=C(\N)Nc2ccc(C)c(Cl)c2)n1. The Labute approximate surface area is 120 Å². The highest BCUT2D eigenvalue weighted by atomic mass is 35.5. The number of aryl methyl sites for hydroxylation is 2. The van der Waals surface area contributed by atoms with E-state index in [0.29, 0.717) is 16.4 Å². The topological polar surface area (TPSA) is 96.2 Å². The number of nitrogens with one attached hydrogen (secondary N) is 2. The molecule has 0 fully saturated rings. The van der Waals surface area contributed by atoms with Crippen LogP contribution >= 0.6 is 11.6 Å². The molecule has 1 heterocycles. The average molecular weight is 292 g/mol. The molecular formula is C13H14ClN5O. The number of nitrogens with zero attached hydrogens (tertiary/aromatic N) is 2. The Hall–Kier alpha value is -2.34. The van der Waals surface area contributed by atoms with Gasteiger partial charge < -0.3 is 11.1 Å². The maximum absolute atomic E-state index is 11.3. The molecule has 0 radical (unpaired) electrons. The van der Waals surface area contributed by atoms with Gasteiger partial charge in [0.15, 0.2) is 0 Å². The lowest BCUT2D eigenvalue weighted by Gasteiger charge is -2.07. The number of rotatable bonds is 2. The van der Waals surface area contributed by atoms with Crippen molar-refractivity contribution in [1.82, 2.24) is 9.97 Å². The second kappa shape index (κ2) is 5.75. The summed E-state index contributed by atoms with van der Waals surface area (Å²) < 4.78 is 0. The molecule has 0 amide bonds. The van der Waals surface area contributed by atoms with E-state index >= 15 is 0 Å². The van der Waals surface area contributed by atoms with E-state index in [1.165, 1.54) is 6.07 Å². The third kappa shape index (κ3) is 3.58. The van der Waals surface area contributed by atoms with E-state index in [4.69, 9.17) is 17.3 Å². The van der Waals surface area contributed by atoms with Crippen LogP contribution in [0.1, 0.15) is 11.3 Å². The van der Waals surface area contributed by atoms with E-state index in [1.807, 2.05) is 19.1 Å². The van der Waals surface area contributed by atoms with Crippen LogP contribution in [0, 0.1) is 13.8 Å². The second-order valence-corrected chi connectivity index (χ2v) is 4.70. The quantitative estimate of drug-likeness (QED) is 0.583. The monoisotopic (exact) mass is 291 g/mol. The Morgan fingerprint density at radius 1 is 1.40 bits per heavy atom. The van der Waals surface area contributed by atoms with Gasteiger partial charge in [-0.15, -0.1) is 0 Å². The smallest absolute Gasteiger partial charge is 0.252 e. The second-order valence-electron chi connectivity index (χ2n) is 4.30. The molecule has 0 aliphatic rings. The van der Waals surface area contributed by atoms with Crippen molar-refractivity contribution in [3.05, 3.63) is 50.9 Å². The van der Waals surface area contributed by atoms with E-state index in [9.17, 15) is 4.79 Å². The molecule has 1 aromatic carbocycles. The summed E-state index contributed by atoms with van der Waals surface area (Å²) in [5.41, 5.74) is 7.73. The number of aromatic amines is 1. The van der Waals surface area contributed by atoms with Gasteiger partial charge in [-0.05, 0) is 31.5 Å². The minimum atomic E-state index is -0.276. The largest absolute Gasteiger partial charge is 0.369 e. The Morgan fingerprint density at radius 2 is 2.15 bits per heavy atom. The van der Waals surface area contributed by atoms with E-state index in [1.54, 1.807) is 13.0 Å². The molecule has 0 saturated heterocycles. The number of H-pyrrole nitrogens is 1. The molecule has 0 spiro atoms. The normalized spacial score (nSPS) is 11.4. The predicted molar refractivity (Wildman–Crippen MR) is 80.7 cm³/mol. The van der Waals surface area contributed by atoms with Gasteiger partial charge in [0.05, 0.1) is 0 Å². The molecule has 4 N–H and O–H groups in total. The molecule has 0 unspecified atom stereocenters. The summed E-state index contributed by atoms with van der Waals surface area (Å²) in [6.07, 6.45) is 0. The zero-order valence-corrected chi connectivity index (χ0v) is 11.8. The van der Waals surface area contributed by atoms with E-state index in [0.717, 1.165) is 5.56 Å². The van der Waals surface area contributed by atoms with Crippen molar-refractivity contribution in [2.24, 2.45) is 10.7 Å². The minimum Gasteiger partial charge on any atom is -0.369 e. The fraction of sp³-hybridized carbons (Fsp3) is 0.154. The van der Waals surface area contributed by atoms with Crippen molar-refractivity contribution in [3.8, 4) is 0 Å². The summed E-state index contributed by atoms with van der Waals surface area (Å²) in [6, 6.07) is 6.81. The fourth-order valence-corrected chi connectivity index (χ4v) is 1.76. The predicted octanol–water partition coefficient (Wildman–Crippen LogP) is 2.10. The molecule has 0 aliphatic heterocycles. The maximum atomic E-state index is 11.3. The molecule has 7 heteroatoms. The zero-order chi connectivity index (χ0) is 14.7. The molecule has 0 atom stereocenters. The Kier molecular flexibility index (Phi) is 4.05. The van der Waals surface area contributed by atoms with Gasteiger partial charge in [0.2, 0.25) is 11.9 Å². The number of aromatic nitrogens is 2. The van der Waals surface area contributed by atoms with E-state index in [-0.39, 0.29) is 17.5 Å². The van der Waals surface area contributed by atoms with Gasteiger partial charge in [0, 0.05) is 22.5 Å². The number of nitrogens with two attached hydrogens (primary N) is 1. The van der Waals surface area contributed by atoms with Gasteiger partial charge >= 0.3 is 0 Å². The van der Waals surface area contributed by atoms with Gasteiger partial charge in [-0.25, -0.2) is 4.98 Å². The first kappa shape index (κ1) is 14.1. The Morgan fingerprint density at radius 3 is 2.80 bits per heavy atom. The van der Waals surface area contributed by atoms with Crippen molar-refractivity contribution in [2.75, 3.05) is 5.32 Å². The molecular weight excluding hydrogens is 278 g/mol. The summed E-state index contributed by atoms with van der Waals surface area (Å²) >= 11 is 6.02. The fourth-order valence-electron chi connectivity index (χ4n) is 1.58. The van der Waals surface area contributed by atoms with E-state index < -0.39 is 0 Å². The Balaban J connectivity index is 2.22. The third-order valence-corrected chi connectivity index (χ3v) is 2.94. The molecule has 0 saturated carbocycles. The highest BCUT2D eigenvalue weighted by Gasteiger charge is 2.01. The Bertz CT molecular complexity index is 723. The van der Waals surface area contributed by atoms with Gasteiger partial charge in [-0.3, -0.25) is 9.78 Å². The third-order valence-electron chi connectivity index (χ3n) is 2.53. The zero-order valence-electron chi connectivity index (χ0n) is 11.1. The lowest BCUT2D eigenvalue weighted by atomic mass is 10.2. The van der Waals surface area contributed by atoms with Crippen molar-refractivity contribution in [2.45, 2.75) is 13.8 Å². The van der Waals surface area contributed by atoms with Crippen molar-refractivity contribution < 1.29 is 0 Å². The standard InChI is InChI=1S/C13H14ClN5O/c1-7-3-4-9(6-10(7)14)17-12(15)19-13-16-8(2)5-11(20)18-13/h3-6H,1-2H3,(H4,15,16,17,18,19,20). The van der Waals surface area contributed by atoms with Crippen molar-refractivity contribution >= 4 is 29.2 Å². The first-order chi connectivity index (χ1) is 9.44. The highest BCUT2D eigenvalue weighted by Crippen LogP contribution is 2.19. The number of guanidine groups is 1. The number of aliphatic imine (C=N–C) groups is 1. The van der Waals surface area contributed by atoms with Crippen LogP contribution in [0.25, 0.3) is 0 Å². The lowest BCUT2D eigenvalue weighted by molar-refractivity contribution is 1.05. The number of benzene rings is 1. The summed E-state index contributed by atoms with van der Waals surface area (Å²) in [5.74, 6) is 0.261. The molecule has 20 heavy (non-hydrogen) atoms. The van der Waals surface area contributed by atoms with Crippen LogP contribution in [-0.2, 0) is 0 Å². The van der Waals surface area contributed by atoms with Gasteiger partial charge in [-0.1, -0.05) is 17.7 Å². The average Bonchev–Trinajstić information content (AvgIpc) is 2.32. The number of hydrogen-bond donors (Lipinski definition) is 3. The minimum absolute atomic E-state index is 0.110. The van der Waals surface area contributed by atoms with Crippen molar-refractivity contribution in [1.29, 1.82) is 0 Å². The highest BCUT2D eigenvalue weighted by molar-refractivity contribution is 6.31. The van der Waals surface area contributed by atoms with Crippen LogP contribution in [0.5, 0.6) is 0 Å². The van der Waals surface area contributed by atoms with Gasteiger partial charge in [-0.2, -0.15) is 4.99 Å². The van der Waals surface area contributed by atoms with Crippen LogP contribution < -0.4 is 16.6 Å². The molecule has 1 aromatic heterocycles. The maximum Gasteiger partial charge on any atom is 0.252 e. The summed E-state index contributed by atoms with van der Waals surface area (Å²) in [7, 11) is 0. The van der Waals surface area contributed by atoms with Crippen LogP contribution in [0.4, 0.5) is 11.6 Å². The van der Waals surface area contributed by atoms with Crippen LogP contribution in [0.15, 0.2) is 34.1 Å². The van der Waals surface area contributed by atoms with Crippen molar-refractivity contribution in [3.63, 3.8) is 0 Å². The van der Waals surface area contributed by atoms with Crippen LogP contribution in [0.2, 0.25) is 5.02 Å². The summed E-state index contributed by atoms with van der Waals surface area (Å²) in [6.45, 7) is 3.61. The summed E-state index contributed by atoms with van der Waals surface area (Å²) in [4.78, 5) is 21.8. The first-order valence-corrected chi connectivity index (χ1v) is 6.27. The number of halogens is 1. The number of anilines is 1. The lowest BCUT2D eigenvalue weighted by Crippen LogP contribution is -2.22. The van der Waals surface area contributed by atoms with E-state index in [2.05, 4.69) is 20.3 Å². The molecule has 2 rings (SSSR count). The first-order valence-electron chi connectivity index (χ1n) is 5.89. The van der Waals surface area contributed by atoms with Crippen LogP contribution in [-0.4, -0.2) is 15.9 Å². The summed E-state index contributed by atoms with van der Waals surface area (Å²) in [5, 5.41) is 3.51. The molecule has 6 nitrogen and oxygen atoms in total. The van der Waals surface area contributed by atoms with Crippen LogP contribution in [0.3, 0.4) is 0 Å². The number of hydrogen-bond acceptors (Lipinski definition) is 3. The molecule has 0 aliphatic carbocycles. The molecule has 2 aromatic rings. The molecule has 0 bridgehead atoms. The molecule has 104 valence electrons. The van der Waals surface area contributed by atoms with Gasteiger partial charge in [0.25, 0.3) is 5.56 Å². The van der Waals surface area contributed by atoms with Gasteiger partial charge in [0.1, 0.15) is 0 Å².